The topological polar surface area (TPSA) is 61.6 Å². The number of hydrogen-bond donors (Lipinski definition) is 0. The van der Waals surface area contributed by atoms with E-state index >= 15 is 0 Å². The number of benzene rings is 1. The number of aromatic nitrogens is 1. The van der Waals surface area contributed by atoms with Crippen molar-refractivity contribution in [2.45, 2.75) is 6.92 Å². The first-order valence-corrected chi connectivity index (χ1v) is 5.89. The summed E-state index contributed by atoms with van der Waals surface area (Å²) in [6.07, 6.45) is -0.806. The third kappa shape index (κ3) is 2.53. The van der Waals surface area contributed by atoms with Gasteiger partial charge in [0, 0.05) is 17.0 Å². The quantitative estimate of drug-likeness (QED) is 0.794. The molecule has 94 valence electrons. The minimum absolute atomic E-state index is 0.268. The first kappa shape index (κ1) is 12.6. The molecule has 0 radical (unpaired) electrons. The second-order valence-electron chi connectivity index (χ2n) is 3.48. The van der Waals surface area contributed by atoms with E-state index in [1.807, 2.05) is 24.3 Å². The first-order chi connectivity index (χ1) is 8.61. The van der Waals surface area contributed by atoms with Crippen LogP contribution in [0.3, 0.4) is 0 Å². The van der Waals surface area contributed by atoms with Crippen molar-refractivity contribution in [1.29, 1.82) is 0 Å². The lowest BCUT2D eigenvalue weighted by Gasteiger charge is -2.03. The molecule has 1 heterocycles. The van der Waals surface area contributed by atoms with Gasteiger partial charge in [0.15, 0.2) is 11.5 Å². The Bertz CT molecular complexity index is 562. The van der Waals surface area contributed by atoms with Crippen LogP contribution in [0.4, 0.5) is 4.79 Å². The Kier molecular flexibility index (Phi) is 3.66. The summed E-state index contributed by atoms with van der Waals surface area (Å²) < 4.78 is 15.4. The van der Waals surface area contributed by atoms with E-state index in [0.717, 1.165) is 10.0 Å². The average Bonchev–Trinajstić information content (AvgIpc) is 2.72. The van der Waals surface area contributed by atoms with Crippen LogP contribution in [0.2, 0.25) is 0 Å². The number of rotatable bonds is 2. The van der Waals surface area contributed by atoms with Gasteiger partial charge in [-0.05, 0) is 12.1 Å². The average molecular weight is 312 g/mol. The Morgan fingerprint density at radius 1 is 1.33 bits per heavy atom. The monoisotopic (exact) mass is 311 g/mol. The fraction of sp³-hybridized carbons (Fsp3) is 0.167. The molecular formula is C12H10BrNO4. The predicted molar refractivity (Wildman–Crippen MR) is 67.4 cm³/mol. The molecule has 6 heteroatoms. The maximum atomic E-state index is 11.1. The summed E-state index contributed by atoms with van der Waals surface area (Å²) in [6.45, 7) is 1.66. The normalized spacial score (nSPS) is 10.2. The van der Waals surface area contributed by atoms with Crippen molar-refractivity contribution >= 4 is 22.1 Å². The zero-order valence-electron chi connectivity index (χ0n) is 9.77. The summed E-state index contributed by atoms with van der Waals surface area (Å²) in [6, 6.07) is 7.40. The molecule has 0 saturated carbocycles. The molecule has 2 rings (SSSR count). The van der Waals surface area contributed by atoms with Gasteiger partial charge in [0.05, 0.1) is 7.11 Å². The van der Waals surface area contributed by atoms with Crippen molar-refractivity contribution in [3.8, 4) is 17.0 Å². The molecule has 1 aromatic carbocycles. The molecule has 0 aliphatic heterocycles. The van der Waals surface area contributed by atoms with E-state index in [1.165, 1.54) is 7.11 Å². The summed E-state index contributed by atoms with van der Waals surface area (Å²) in [4.78, 5) is 11.1. The van der Waals surface area contributed by atoms with Crippen molar-refractivity contribution in [3.05, 3.63) is 34.5 Å². The van der Waals surface area contributed by atoms with E-state index in [1.54, 1.807) is 6.92 Å². The maximum absolute atomic E-state index is 11.1. The van der Waals surface area contributed by atoms with Gasteiger partial charge in [0.1, 0.15) is 0 Å². The Balaban J connectivity index is 2.39. The molecule has 0 N–H and O–H groups in total. The predicted octanol–water partition coefficient (Wildman–Crippen LogP) is 3.56. The zero-order valence-corrected chi connectivity index (χ0v) is 11.4. The SMILES string of the molecule is COC(=O)Oc1c(-c2ccc(Br)cc2)noc1C. The van der Waals surface area contributed by atoms with Gasteiger partial charge in [0.2, 0.25) is 5.75 Å². The smallest absolute Gasteiger partial charge is 0.437 e. The van der Waals surface area contributed by atoms with Crippen LogP contribution in [0, 0.1) is 6.92 Å². The molecule has 0 saturated heterocycles. The molecule has 0 aliphatic rings. The van der Waals surface area contributed by atoms with Gasteiger partial charge in [-0.3, -0.25) is 0 Å². The van der Waals surface area contributed by atoms with Crippen molar-refractivity contribution in [1.82, 2.24) is 5.16 Å². The van der Waals surface area contributed by atoms with Crippen molar-refractivity contribution < 1.29 is 18.8 Å². The van der Waals surface area contributed by atoms with Crippen LogP contribution < -0.4 is 4.74 Å². The van der Waals surface area contributed by atoms with Gasteiger partial charge in [-0.25, -0.2) is 4.79 Å². The molecule has 5 nitrogen and oxygen atoms in total. The summed E-state index contributed by atoms with van der Waals surface area (Å²) in [5, 5.41) is 3.88. The lowest BCUT2D eigenvalue weighted by molar-refractivity contribution is 0.121. The lowest BCUT2D eigenvalue weighted by atomic mass is 10.1. The minimum Gasteiger partial charge on any atom is -0.437 e. The van der Waals surface area contributed by atoms with E-state index in [4.69, 9.17) is 9.26 Å². The summed E-state index contributed by atoms with van der Waals surface area (Å²) in [5.74, 6) is 0.683. The number of nitrogens with zero attached hydrogens (tertiary/aromatic N) is 1. The van der Waals surface area contributed by atoms with Crippen LogP contribution in [0.25, 0.3) is 11.3 Å². The van der Waals surface area contributed by atoms with Crippen molar-refractivity contribution in [3.63, 3.8) is 0 Å². The van der Waals surface area contributed by atoms with E-state index in [9.17, 15) is 4.79 Å². The zero-order chi connectivity index (χ0) is 13.1. The third-order valence-electron chi connectivity index (χ3n) is 2.28. The van der Waals surface area contributed by atoms with Crippen LogP contribution in [-0.2, 0) is 4.74 Å². The molecule has 0 amide bonds. The van der Waals surface area contributed by atoms with Gasteiger partial charge >= 0.3 is 6.16 Å². The van der Waals surface area contributed by atoms with Gasteiger partial charge in [-0.1, -0.05) is 33.2 Å². The Morgan fingerprint density at radius 2 is 2.00 bits per heavy atom. The standard InChI is InChI=1S/C12H10BrNO4/c1-7-11(17-12(15)16-2)10(14-18-7)8-3-5-9(13)6-4-8/h3-6H,1-2H3. The molecule has 1 aromatic heterocycles. The molecule has 2 aromatic rings. The van der Waals surface area contributed by atoms with Gasteiger partial charge in [0.25, 0.3) is 0 Å². The number of aryl methyl sites for hydroxylation is 1. The number of halogens is 1. The third-order valence-corrected chi connectivity index (χ3v) is 2.81. The molecule has 0 aliphatic carbocycles. The van der Waals surface area contributed by atoms with E-state index in [2.05, 4.69) is 25.8 Å². The first-order valence-electron chi connectivity index (χ1n) is 5.10. The van der Waals surface area contributed by atoms with E-state index in [0.29, 0.717) is 11.5 Å². The highest BCUT2D eigenvalue weighted by molar-refractivity contribution is 9.10. The van der Waals surface area contributed by atoms with Gasteiger partial charge < -0.3 is 14.0 Å². The Morgan fingerprint density at radius 3 is 2.61 bits per heavy atom. The Hall–Kier alpha value is -1.82. The second kappa shape index (κ2) is 5.22. The molecule has 0 atom stereocenters. The summed E-state index contributed by atoms with van der Waals surface area (Å²) >= 11 is 3.34. The second-order valence-corrected chi connectivity index (χ2v) is 4.40. The maximum Gasteiger partial charge on any atom is 0.513 e. The van der Waals surface area contributed by atoms with Crippen molar-refractivity contribution in [2.24, 2.45) is 0 Å². The molecule has 0 spiro atoms. The number of carbonyl (C=O) groups is 1. The summed E-state index contributed by atoms with van der Waals surface area (Å²) in [5.41, 5.74) is 1.25. The summed E-state index contributed by atoms with van der Waals surface area (Å²) in [7, 11) is 1.24. The van der Waals surface area contributed by atoms with Gasteiger partial charge in [-0.15, -0.1) is 0 Å². The highest BCUT2D eigenvalue weighted by atomic mass is 79.9. The fourth-order valence-electron chi connectivity index (χ4n) is 1.40. The lowest BCUT2D eigenvalue weighted by Crippen LogP contribution is -2.08. The highest BCUT2D eigenvalue weighted by Gasteiger charge is 2.19. The van der Waals surface area contributed by atoms with E-state index in [-0.39, 0.29) is 5.75 Å². The van der Waals surface area contributed by atoms with E-state index < -0.39 is 6.16 Å². The largest absolute Gasteiger partial charge is 0.513 e. The van der Waals surface area contributed by atoms with Gasteiger partial charge in [-0.2, -0.15) is 0 Å². The minimum atomic E-state index is -0.806. The highest BCUT2D eigenvalue weighted by Crippen LogP contribution is 2.33. The number of carbonyl (C=O) groups excluding carboxylic acids is 1. The molecule has 0 unspecified atom stereocenters. The fourth-order valence-corrected chi connectivity index (χ4v) is 1.66. The number of methoxy groups -OCH3 is 1. The Labute approximate surface area is 112 Å². The van der Waals surface area contributed by atoms with Crippen molar-refractivity contribution in [2.75, 3.05) is 7.11 Å². The molecule has 0 fully saturated rings. The van der Waals surface area contributed by atoms with Crippen LogP contribution in [0.15, 0.2) is 33.3 Å². The van der Waals surface area contributed by atoms with Crippen LogP contribution in [-0.4, -0.2) is 18.4 Å². The number of ether oxygens (including phenoxy) is 2. The van der Waals surface area contributed by atoms with Crippen LogP contribution >= 0.6 is 15.9 Å². The van der Waals surface area contributed by atoms with Crippen LogP contribution in [0.1, 0.15) is 5.76 Å². The number of hydrogen-bond acceptors (Lipinski definition) is 5. The van der Waals surface area contributed by atoms with Crippen LogP contribution in [0.5, 0.6) is 5.75 Å². The molecular weight excluding hydrogens is 302 g/mol. The molecule has 18 heavy (non-hydrogen) atoms. The molecule has 0 bridgehead atoms.